The zero-order valence-corrected chi connectivity index (χ0v) is 11.9. The molecule has 17 heavy (non-hydrogen) atoms. The first-order chi connectivity index (χ1) is 8.43. The molecule has 0 atom stereocenters. The van der Waals surface area contributed by atoms with Gasteiger partial charge >= 0.3 is 0 Å². The Balaban J connectivity index is 1.85. The molecule has 1 rings (SSSR count). The molecule has 0 nitrogen and oxygen atoms in total. The van der Waals surface area contributed by atoms with Crippen LogP contribution in [0.3, 0.4) is 0 Å². The van der Waals surface area contributed by atoms with Gasteiger partial charge in [-0.05, 0) is 30.4 Å². The fourth-order valence-corrected chi connectivity index (χ4v) is 2.81. The summed E-state index contributed by atoms with van der Waals surface area (Å²) < 4.78 is 0. The van der Waals surface area contributed by atoms with Crippen LogP contribution >= 0.6 is 11.8 Å². The molecule has 0 unspecified atom stereocenters. The third kappa shape index (κ3) is 8.31. The van der Waals surface area contributed by atoms with Gasteiger partial charge in [-0.25, -0.2) is 0 Å². The molecule has 0 saturated heterocycles. The van der Waals surface area contributed by atoms with Crippen molar-refractivity contribution in [2.24, 2.45) is 0 Å². The largest absolute Gasteiger partial charge is 0.126 e. The molecule has 0 heterocycles. The normalized spacial score (nSPS) is 10.6. The zero-order chi connectivity index (χ0) is 12.2. The van der Waals surface area contributed by atoms with Gasteiger partial charge in [-0.2, -0.15) is 0 Å². The molecule has 1 aromatic rings. The van der Waals surface area contributed by atoms with Crippen molar-refractivity contribution in [2.45, 2.75) is 63.2 Å². The summed E-state index contributed by atoms with van der Waals surface area (Å²) in [6.45, 7) is 2.28. The van der Waals surface area contributed by atoms with Gasteiger partial charge in [0.2, 0.25) is 0 Å². The lowest BCUT2D eigenvalue weighted by molar-refractivity contribution is 0.586. The lowest BCUT2D eigenvalue weighted by Crippen LogP contribution is -1.83. The maximum atomic E-state index is 3.05. The van der Waals surface area contributed by atoms with Crippen molar-refractivity contribution in [3.05, 3.63) is 30.3 Å². The standard InChI is InChI=1S/C16H25S/c1-2-3-4-5-6-7-8-12-15-17-16-13-10-9-11-14-16/h10-11,13-14H,2-8,12,15H2,1H3. The van der Waals surface area contributed by atoms with Gasteiger partial charge in [-0.15, -0.1) is 11.8 Å². The van der Waals surface area contributed by atoms with E-state index in [-0.39, 0.29) is 0 Å². The number of unbranched alkanes of at least 4 members (excludes halogenated alkanes) is 7. The molecular weight excluding hydrogens is 224 g/mol. The molecule has 95 valence electrons. The molecule has 0 bridgehead atoms. The highest BCUT2D eigenvalue weighted by molar-refractivity contribution is 7.99. The number of hydrogen-bond donors (Lipinski definition) is 0. The van der Waals surface area contributed by atoms with E-state index in [2.05, 4.69) is 25.1 Å². The summed E-state index contributed by atoms with van der Waals surface area (Å²) in [6, 6.07) is 11.3. The minimum atomic E-state index is 1.26. The quantitative estimate of drug-likeness (QED) is 0.377. The van der Waals surface area contributed by atoms with Crippen LogP contribution in [0.2, 0.25) is 0 Å². The van der Waals surface area contributed by atoms with Crippen molar-refractivity contribution < 1.29 is 0 Å². The van der Waals surface area contributed by atoms with Crippen molar-refractivity contribution >= 4 is 11.8 Å². The lowest BCUT2D eigenvalue weighted by Gasteiger charge is -2.02. The summed E-state index contributed by atoms with van der Waals surface area (Å²) in [4.78, 5) is 1.38. The van der Waals surface area contributed by atoms with Crippen LogP contribution in [0.5, 0.6) is 0 Å². The fourth-order valence-electron chi connectivity index (χ4n) is 1.89. The van der Waals surface area contributed by atoms with E-state index in [9.17, 15) is 0 Å². The first-order valence-corrected chi connectivity index (χ1v) is 8.01. The monoisotopic (exact) mass is 249 g/mol. The van der Waals surface area contributed by atoms with Crippen molar-refractivity contribution in [3.63, 3.8) is 0 Å². The summed E-state index contributed by atoms with van der Waals surface area (Å²) in [7, 11) is 0. The Morgan fingerprint density at radius 3 is 2.12 bits per heavy atom. The fraction of sp³-hybridized carbons (Fsp3) is 0.625. The molecule has 0 aliphatic heterocycles. The first kappa shape index (κ1) is 14.6. The molecule has 0 fully saturated rings. The van der Waals surface area contributed by atoms with Gasteiger partial charge in [0.15, 0.2) is 0 Å². The van der Waals surface area contributed by atoms with Crippen LogP contribution in [0.25, 0.3) is 0 Å². The highest BCUT2D eigenvalue weighted by Crippen LogP contribution is 2.19. The molecule has 1 heteroatoms. The molecular formula is C16H25S. The van der Waals surface area contributed by atoms with Crippen LogP contribution in [0.4, 0.5) is 0 Å². The Hall–Kier alpha value is -0.430. The average Bonchev–Trinajstić information content (AvgIpc) is 2.38. The molecule has 0 aliphatic carbocycles. The van der Waals surface area contributed by atoms with E-state index in [1.807, 2.05) is 23.9 Å². The third-order valence-electron chi connectivity index (χ3n) is 2.95. The van der Waals surface area contributed by atoms with Crippen molar-refractivity contribution in [2.75, 3.05) is 5.75 Å². The second-order valence-corrected chi connectivity index (χ2v) is 5.73. The van der Waals surface area contributed by atoms with E-state index in [1.165, 1.54) is 62.0 Å². The van der Waals surface area contributed by atoms with Crippen molar-refractivity contribution in [1.82, 2.24) is 0 Å². The van der Waals surface area contributed by atoms with Gasteiger partial charge in [0.05, 0.1) is 0 Å². The predicted molar refractivity (Wildman–Crippen MR) is 78.6 cm³/mol. The van der Waals surface area contributed by atoms with Crippen LogP contribution in [0.1, 0.15) is 58.3 Å². The molecule has 0 aliphatic rings. The van der Waals surface area contributed by atoms with E-state index in [1.54, 1.807) is 0 Å². The molecule has 0 N–H and O–H groups in total. The van der Waals surface area contributed by atoms with Crippen LogP contribution < -0.4 is 0 Å². The average molecular weight is 249 g/mol. The minimum Gasteiger partial charge on any atom is -0.126 e. The Morgan fingerprint density at radius 2 is 1.47 bits per heavy atom. The predicted octanol–water partition coefficient (Wildman–Crippen LogP) is 5.72. The van der Waals surface area contributed by atoms with Crippen LogP contribution in [-0.4, -0.2) is 5.75 Å². The van der Waals surface area contributed by atoms with E-state index in [0.29, 0.717) is 0 Å². The topological polar surface area (TPSA) is 0 Å². The van der Waals surface area contributed by atoms with Gasteiger partial charge < -0.3 is 0 Å². The van der Waals surface area contributed by atoms with E-state index < -0.39 is 0 Å². The number of thioether (sulfide) groups is 1. The Morgan fingerprint density at radius 1 is 0.882 bits per heavy atom. The summed E-state index contributed by atoms with van der Waals surface area (Å²) in [6.07, 6.45) is 11.3. The second kappa shape index (κ2) is 10.7. The first-order valence-electron chi connectivity index (χ1n) is 7.02. The van der Waals surface area contributed by atoms with Gasteiger partial charge in [0, 0.05) is 4.90 Å². The summed E-state index contributed by atoms with van der Waals surface area (Å²) in [5, 5.41) is 0. The summed E-state index contributed by atoms with van der Waals surface area (Å²) >= 11 is 1.97. The molecule has 0 aromatic heterocycles. The SMILES string of the molecule is CCCCCCCCCCSc1cc[c]cc1. The summed E-state index contributed by atoms with van der Waals surface area (Å²) in [5.41, 5.74) is 0. The number of benzene rings is 1. The third-order valence-corrected chi connectivity index (χ3v) is 4.05. The molecule has 1 radical (unpaired) electrons. The van der Waals surface area contributed by atoms with Crippen LogP contribution in [0.15, 0.2) is 29.2 Å². The second-order valence-electron chi connectivity index (χ2n) is 4.56. The van der Waals surface area contributed by atoms with E-state index >= 15 is 0 Å². The number of hydrogen-bond acceptors (Lipinski definition) is 1. The minimum absolute atomic E-state index is 1.26. The number of rotatable bonds is 10. The van der Waals surface area contributed by atoms with E-state index in [0.717, 1.165) is 0 Å². The maximum absolute atomic E-state index is 3.05. The Kier molecular flexibility index (Phi) is 9.21. The Labute approximate surface area is 111 Å². The smallest absolute Gasteiger partial charge is 0.00723 e. The molecule has 0 saturated carbocycles. The molecule has 0 amide bonds. The molecule has 0 spiro atoms. The highest BCUT2D eigenvalue weighted by Gasteiger charge is 1.94. The van der Waals surface area contributed by atoms with Gasteiger partial charge in [0.1, 0.15) is 0 Å². The van der Waals surface area contributed by atoms with Crippen LogP contribution in [0, 0.1) is 6.07 Å². The lowest BCUT2D eigenvalue weighted by atomic mass is 10.1. The van der Waals surface area contributed by atoms with Crippen LogP contribution in [-0.2, 0) is 0 Å². The molecule has 1 aromatic carbocycles. The Bertz CT molecular complexity index is 255. The summed E-state index contributed by atoms with van der Waals surface area (Å²) in [5.74, 6) is 1.26. The van der Waals surface area contributed by atoms with E-state index in [4.69, 9.17) is 0 Å². The zero-order valence-electron chi connectivity index (χ0n) is 11.1. The highest BCUT2D eigenvalue weighted by atomic mass is 32.2. The maximum Gasteiger partial charge on any atom is 0.00723 e. The van der Waals surface area contributed by atoms with Gasteiger partial charge in [-0.1, -0.05) is 64.0 Å². The van der Waals surface area contributed by atoms with Gasteiger partial charge in [0.25, 0.3) is 0 Å². The van der Waals surface area contributed by atoms with Gasteiger partial charge in [-0.3, -0.25) is 0 Å². The van der Waals surface area contributed by atoms with Crippen molar-refractivity contribution in [1.29, 1.82) is 0 Å². The van der Waals surface area contributed by atoms with Crippen molar-refractivity contribution in [3.8, 4) is 0 Å².